The first kappa shape index (κ1) is 19.9. The van der Waals surface area contributed by atoms with E-state index in [1.165, 1.54) is 6.07 Å². The van der Waals surface area contributed by atoms with Gasteiger partial charge in [0.15, 0.2) is 4.77 Å². The minimum atomic E-state index is -4.72. The molecule has 0 spiro atoms. The Morgan fingerprint density at radius 2 is 1.96 bits per heavy atom. The number of aromatic nitrogens is 2. The van der Waals surface area contributed by atoms with E-state index in [0.717, 1.165) is 11.6 Å². The van der Waals surface area contributed by atoms with E-state index >= 15 is 0 Å². The molecule has 1 radical (unpaired) electrons. The van der Waals surface area contributed by atoms with E-state index in [-0.39, 0.29) is 44.1 Å². The van der Waals surface area contributed by atoms with Gasteiger partial charge in [0.05, 0.1) is 0 Å². The quantitative estimate of drug-likeness (QED) is 0.322. The number of rotatable bonds is 1. The molecule has 121 valence electrons. The molecule has 0 unspecified atom stereocenters. The van der Waals surface area contributed by atoms with Crippen LogP contribution in [0.4, 0.5) is 18.9 Å². The van der Waals surface area contributed by atoms with Crippen LogP contribution >= 0.6 is 12.2 Å². The molecular weight excluding hydrogens is 408 g/mol. The molecule has 0 amide bonds. The molecule has 0 aliphatic rings. The van der Waals surface area contributed by atoms with E-state index in [1.807, 2.05) is 0 Å². The number of nitrogens with zero attached hydrogens (tertiary/aromatic N) is 2. The fourth-order valence-corrected chi connectivity index (χ4v) is 2.19. The first-order valence-electron chi connectivity index (χ1n) is 5.96. The molecule has 3 N–H and O–H groups in total. The van der Waals surface area contributed by atoms with E-state index in [0.29, 0.717) is 16.2 Å². The van der Waals surface area contributed by atoms with Gasteiger partial charge < -0.3 is 15.4 Å². The molecule has 1 aromatic heterocycles. The minimum Gasteiger partial charge on any atom is -0.562 e. The molecule has 2 rings (SSSR count). The molecular formula is C13H11F3N3O2SY-. The normalized spacial score (nSPS) is 11.2. The Morgan fingerprint density at radius 3 is 2.48 bits per heavy atom. The number of anilines is 1. The summed E-state index contributed by atoms with van der Waals surface area (Å²) in [4.78, 5) is 12.0. The summed E-state index contributed by atoms with van der Waals surface area (Å²) in [6.45, 7) is 1.61. The Morgan fingerprint density at radius 1 is 1.39 bits per heavy atom. The first-order valence-corrected chi connectivity index (χ1v) is 6.37. The van der Waals surface area contributed by atoms with Gasteiger partial charge in [-0.05, 0) is 23.6 Å². The number of nitrogens with two attached hydrogens (primary N) is 1. The average Bonchev–Trinajstić information content (AvgIpc) is 2.41. The SMILES string of the molecule is Cc1c[c-]c(-n2c(=O)cc(C(F)(F)F)n(C)c2=S)c(O)c1N.[Y]. The first-order chi connectivity index (χ1) is 10.1. The van der Waals surface area contributed by atoms with Crippen LogP contribution in [0.2, 0.25) is 0 Å². The van der Waals surface area contributed by atoms with Crippen molar-refractivity contribution in [3.63, 3.8) is 0 Å². The number of hydrogen-bond acceptors (Lipinski definition) is 4. The Hall–Kier alpha value is -1.19. The molecule has 1 aromatic carbocycles. The van der Waals surface area contributed by atoms with Gasteiger partial charge in [0, 0.05) is 51.6 Å². The van der Waals surface area contributed by atoms with E-state index < -0.39 is 28.0 Å². The van der Waals surface area contributed by atoms with Crippen LogP contribution in [0.5, 0.6) is 5.75 Å². The number of aromatic hydroxyl groups is 1. The molecule has 0 atom stereocenters. The number of phenols is 1. The number of benzene rings is 1. The smallest absolute Gasteiger partial charge is 0.431 e. The van der Waals surface area contributed by atoms with Crippen LogP contribution in [0.1, 0.15) is 11.3 Å². The van der Waals surface area contributed by atoms with Gasteiger partial charge in [-0.3, -0.25) is 9.36 Å². The topological polar surface area (TPSA) is 73.2 Å². The maximum atomic E-state index is 12.8. The number of nitrogen functional groups attached to an aromatic ring is 1. The zero-order valence-corrected chi connectivity index (χ0v) is 15.8. The summed E-state index contributed by atoms with van der Waals surface area (Å²) in [6, 6.07) is 4.41. The van der Waals surface area contributed by atoms with Gasteiger partial charge in [-0.1, -0.05) is 6.92 Å². The van der Waals surface area contributed by atoms with Gasteiger partial charge in [0.2, 0.25) is 0 Å². The van der Waals surface area contributed by atoms with Crippen molar-refractivity contribution in [2.45, 2.75) is 13.1 Å². The van der Waals surface area contributed by atoms with Crippen molar-refractivity contribution in [3.05, 3.63) is 44.6 Å². The molecule has 23 heavy (non-hydrogen) atoms. The molecule has 0 saturated carbocycles. The monoisotopic (exact) mass is 419 g/mol. The fraction of sp³-hybridized carbons (Fsp3) is 0.231. The van der Waals surface area contributed by atoms with Crippen LogP contribution < -0.4 is 11.3 Å². The van der Waals surface area contributed by atoms with Gasteiger partial charge in [-0.25, -0.2) is 0 Å². The molecule has 0 aliphatic carbocycles. The number of halogens is 3. The summed E-state index contributed by atoms with van der Waals surface area (Å²) in [5, 5.41) is 10.0. The van der Waals surface area contributed by atoms with E-state index in [2.05, 4.69) is 6.07 Å². The molecule has 10 heteroatoms. The maximum absolute atomic E-state index is 12.8. The van der Waals surface area contributed by atoms with E-state index in [9.17, 15) is 23.1 Å². The largest absolute Gasteiger partial charge is 0.562 e. The van der Waals surface area contributed by atoms with Crippen molar-refractivity contribution < 1.29 is 51.0 Å². The predicted molar refractivity (Wildman–Crippen MR) is 76.5 cm³/mol. The zero-order chi connectivity index (χ0) is 16.8. The summed E-state index contributed by atoms with van der Waals surface area (Å²) in [6.07, 6.45) is -4.72. The Balaban J connectivity index is 0.00000264. The van der Waals surface area contributed by atoms with Crippen LogP contribution in [0.25, 0.3) is 5.69 Å². The third-order valence-corrected chi connectivity index (χ3v) is 3.62. The predicted octanol–water partition coefficient (Wildman–Crippen LogP) is 2.32. The Kier molecular flexibility index (Phi) is 5.82. The minimum absolute atomic E-state index is 0. The van der Waals surface area contributed by atoms with Gasteiger partial charge >= 0.3 is 6.18 Å². The third-order valence-electron chi connectivity index (χ3n) is 3.16. The number of phenolic OH excluding ortho intramolecular Hbond substituents is 1. The number of aryl methyl sites for hydroxylation is 1. The molecule has 5 nitrogen and oxygen atoms in total. The molecule has 0 fully saturated rings. The second-order valence-corrected chi connectivity index (χ2v) is 4.99. The van der Waals surface area contributed by atoms with Crippen molar-refractivity contribution in [2.75, 3.05) is 5.73 Å². The summed E-state index contributed by atoms with van der Waals surface area (Å²) >= 11 is 4.91. The van der Waals surface area contributed by atoms with Crippen LogP contribution in [0.3, 0.4) is 0 Å². The number of alkyl halides is 3. The fourth-order valence-electron chi connectivity index (χ4n) is 1.91. The summed E-state index contributed by atoms with van der Waals surface area (Å²) in [5.74, 6) is -0.465. The second kappa shape index (κ2) is 6.74. The van der Waals surface area contributed by atoms with Gasteiger partial charge in [0.1, 0.15) is 5.69 Å². The third kappa shape index (κ3) is 3.51. The summed E-state index contributed by atoms with van der Waals surface area (Å²) in [7, 11) is 1.08. The average molecular weight is 419 g/mol. The van der Waals surface area contributed by atoms with Crippen molar-refractivity contribution in [1.82, 2.24) is 9.13 Å². The van der Waals surface area contributed by atoms with E-state index in [4.69, 9.17) is 18.0 Å². The van der Waals surface area contributed by atoms with Crippen molar-refractivity contribution in [3.8, 4) is 11.4 Å². The Labute approximate surface area is 159 Å². The van der Waals surface area contributed by atoms with Crippen molar-refractivity contribution >= 4 is 17.9 Å². The molecule has 1 heterocycles. The van der Waals surface area contributed by atoms with Crippen LogP contribution in [0, 0.1) is 17.8 Å². The standard InChI is InChI=1S/C13H11F3N3O2S.Y/c1-6-3-4-7(11(21)10(6)17)19-9(20)5-8(13(14,15)16)18(2)12(19)22;/h3,5,21H,17H2,1-2H3;/q-1;. The maximum Gasteiger partial charge on any atom is 0.431 e. The summed E-state index contributed by atoms with van der Waals surface area (Å²) < 4.78 is 39.5. The van der Waals surface area contributed by atoms with Crippen molar-refractivity contribution in [1.29, 1.82) is 0 Å². The molecule has 2 aromatic rings. The Bertz CT molecular complexity index is 874. The van der Waals surface area contributed by atoms with Gasteiger partial charge in [-0.15, -0.1) is 5.56 Å². The van der Waals surface area contributed by atoms with Gasteiger partial charge in [-0.2, -0.15) is 25.3 Å². The summed E-state index contributed by atoms with van der Waals surface area (Å²) in [5.41, 5.74) is 3.75. The van der Waals surface area contributed by atoms with E-state index in [1.54, 1.807) is 6.92 Å². The van der Waals surface area contributed by atoms with Crippen LogP contribution in [-0.2, 0) is 45.9 Å². The number of hydrogen-bond donors (Lipinski definition) is 2. The molecule has 0 bridgehead atoms. The second-order valence-electron chi connectivity index (χ2n) is 4.63. The molecule has 0 saturated heterocycles. The molecule has 0 aliphatic heterocycles. The van der Waals surface area contributed by atoms with Crippen molar-refractivity contribution in [2.24, 2.45) is 7.05 Å². The van der Waals surface area contributed by atoms with Gasteiger partial charge in [0.25, 0.3) is 5.56 Å². The zero-order valence-electron chi connectivity index (χ0n) is 12.1. The van der Waals surface area contributed by atoms with Crippen LogP contribution in [-0.4, -0.2) is 14.2 Å². The van der Waals surface area contributed by atoms with Crippen LogP contribution in [0.15, 0.2) is 16.9 Å².